The highest BCUT2D eigenvalue weighted by Gasteiger charge is 2.24. The van der Waals surface area contributed by atoms with Gasteiger partial charge in [-0.25, -0.2) is 0 Å². The fraction of sp³-hybridized carbons (Fsp3) is 0.357. The number of Topliss-reactive ketones (excluding diaryl/α,β-unsaturated/α-hetero) is 1. The minimum absolute atomic E-state index is 0.178. The SMILES string of the molecule is COc1ccc2c(c1)CCC(=C(SC)SC)C2=O. The van der Waals surface area contributed by atoms with E-state index >= 15 is 0 Å². The summed E-state index contributed by atoms with van der Waals surface area (Å²) in [7, 11) is 1.65. The molecule has 18 heavy (non-hydrogen) atoms. The van der Waals surface area contributed by atoms with Crippen LogP contribution in [0.3, 0.4) is 0 Å². The molecule has 0 aromatic heterocycles. The van der Waals surface area contributed by atoms with E-state index in [1.54, 1.807) is 30.6 Å². The molecule has 1 aromatic rings. The van der Waals surface area contributed by atoms with Gasteiger partial charge in [0.15, 0.2) is 5.78 Å². The third-order valence-corrected chi connectivity index (χ3v) is 5.33. The van der Waals surface area contributed by atoms with Gasteiger partial charge < -0.3 is 4.74 Å². The molecule has 4 heteroatoms. The maximum Gasteiger partial charge on any atom is 0.190 e. The van der Waals surface area contributed by atoms with Crippen molar-refractivity contribution in [2.24, 2.45) is 0 Å². The molecule has 0 radical (unpaired) electrons. The number of ketones is 1. The van der Waals surface area contributed by atoms with E-state index in [4.69, 9.17) is 4.74 Å². The number of fused-ring (bicyclic) bond motifs is 1. The average Bonchev–Trinajstić information content (AvgIpc) is 2.42. The number of methoxy groups -OCH3 is 1. The van der Waals surface area contributed by atoms with E-state index in [1.807, 2.05) is 30.7 Å². The van der Waals surface area contributed by atoms with Crippen LogP contribution in [0.1, 0.15) is 22.3 Å². The molecule has 2 rings (SSSR count). The van der Waals surface area contributed by atoms with E-state index in [1.165, 1.54) is 0 Å². The maximum atomic E-state index is 12.5. The van der Waals surface area contributed by atoms with Crippen molar-refractivity contribution in [2.45, 2.75) is 12.8 Å². The molecule has 96 valence electrons. The van der Waals surface area contributed by atoms with Crippen molar-refractivity contribution in [3.63, 3.8) is 0 Å². The lowest BCUT2D eigenvalue weighted by molar-refractivity contribution is 0.102. The molecule has 0 saturated heterocycles. The third kappa shape index (κ3) is 2.45. The highest BCUT2D eigenvalue weighted by Crippen LogP contribution is 2.36. The van der Waals surface area contributed by atoms with Crippen molar-refractivity contribution in [3.8, 4) is 5.75 Å². The maximum absolute atomic E-state index is 12.5. The average molecular weight is 280 g/mol. The van der Waals surface area contributed by atoms with Crippen LogP contribution in [-0.4, -0.2) is 25.4 Å². The van der Waals surface area contributed by atoms with Gasteiger partial charge in [0.2, 0.25) is 0 Å². The molecule has 0 N–H and O–H groups in total. The van der Waals surface area contributed by atoms with Gasteiger partial charge in [-0.05, 0) is 49.1 Å². The Labute approximate surface area is 116 Å². The molecular formula is C14H16O2S2. The van der Waals surface area contributed by atoms with Crippen molar-refractivity contribution in [1.82, 2.24) is 0 Å². The predicted octanol–water partition coefficient (Wildman–Crippen LogP) is 3.76. The lowest BCUT2D eigenvalue weighted by Gasteiger charge is -2.20. The first-order valence-corrected chi connectivity index (χ1v) is 8.19. The molecule has 0 atom stereocenters. The molecule has 0 fully saturated rings. The number of thioether (sulfide) groups is 2. The summed E-state index contributed by atoms with van der Waals surface area (Å²) in [6, 6.07) is 5.72. The highest BCUT2D eigenvalue weighted by molar-refractivity contribution is 8.21. The predicted molar refractivity (Wildman–Crippen MR) is 79.7 cm³/mol. The van der Waals surface area contributed by atoms with E-state index in [-0.39, 0.29) is 5.78 Å². The van der Waals surface area contributed by atoms with Gasteiger partial charge in [0.05, 0.1) is 7.11 Å². The Morgan fingerprint density at radius 1 is 1.22 bits per heavy atom. The lowest BCUT2D eigenvalue weighted by atomic mass is 9.87. The number of hydrogen-bond donors (Lipinski definition) is 0. The summed E-state index contributed by atoms with van der Waals surface area (Å²) in [6.07, 6.45) is 5.79. The van der Waals surface area contributed by atoms with Gasteiger partial charge in [-0.3, -0.25) is 4.79 Å². The van der Waals surface area contributed by atoms with Crippen LogP contribution in [0.25, 0.3) is 0 Å². The first-order chi connectivity index (χ1) is 8.71. The lowest BCUT2D eigenvalue weighted by Crippen LogP contribution is -2.15. The van der Waals surface area contributed by atoms with Crippen molar-refractivity contribution >= 4 is 29.3 Å². The van der Waals surface area contributed by atoms with Gasteiger partial charge in [0.1, 0.15) is 5.75 Å². The molecule has 0 unspecified atom stereocenters. The minimum Gasteiger partial charge on any atom is -0.497 e. The molecular weight excluding hydrogens is 264 g/mol. The summed E-state index contributed by atoms with van der Waals surface area (Å²) < 4.78 is 6.34. The van der Waals surface area contributed by atoms with Crippen LogP contribution in [0.5, 0.6) is 5.75 Å². The standard InChI is InChI=1S/C14H16O2S2/c1-16-10-5-7-11-9(8-10)4-6-12(13(11)15)14(17-2)18-3/h5,7-8H,4,6H2,1-3H3. The summed E-state index contributed by atoms with van der Waals surface area (Å²) in [5.74, 6) is 1.00. The number of carbonyl (C=O) groups excluding carboxylic acids is 1. The fourth-order valence-corrected chi connectivity index (χ4v) is 3.73. The van der Waals surface area contributed by atoms with Crippen LogP contribution < -0.4 is 4.74 Å². The number of hydrogen-bond acceptors (Lipinski definition) is 4. The zero-order valence-electron chi connectivity index (χ0n) is 10.8. The Morgan fingerprint density at radius 2 is 1.94 bits per heavy atom. The zero-order valence-corrected chi connectivity index (χ0v) is 12.4. The van der Waals surface area contributed by atoms with E-state index in [0.717, 1.165) is 39.5 Å². The van der Waals surface area contributed by atoms with Gasteiger partial charge >= 0.3 is 0 Å². The number of benzene rings is 1. The van der Waals surface area contributed by atoms with Crippen LogP contribution in [0.15, 0.2) is 28.0 Å². The quantitative estimate of drug-likeness (QED) is 0.788. The first-order valence-electron chi connectivity index (χ1n) is 5.74. The summed E-state index contributed by atoms with van der Waals surface area (Å²) in [6.45, 7) is 0. The Balaban J connectivity index is 2.43. The number of aryl methyl sites for hydroxylation is 1. The topological polar surface area (TPSA) is 26.3 Å². The Hall–Kier alpha value is -0.870. The molecule has 0 heterocycles. The van der Waals surface area contributed by atoms with E-state index in [0.29, 0.717) is 0 Å². The van der Waals surface area contributed by atoms with Crippen molar-refractivity contribution in [1.29, 1.82) is 0 Å². The Bertz CT molecular complexity index is 501. The molecule has 0 bridgehead atoms. The van der Waals surface area contributed by atoms with Crippen molar-refractivity contribution in [2.75, 3.05) is 19.6 Å². The van der Waals surface area contributed by atoms with Gasteiger partial charge in [-0.1, -0.05) is 0 Å². The normalized spacial score (nSPS) is 14.4. The van der Waals surface area contributed by atoms with Crippen LogP contribution in [-0.2, 0) is 6.42 Å². The molecule has 1 aliphatic carbocycles. The van der Waals surface area contributed by atoms with Crippen LogP contribution in [0.4, 0.5) is 0 Å². The molecule has 0 amide bonds. The summed E-state index contributed by atoms with van der Waals surface area (Å²) in [5, 5.41) is 0. The van der Waals surface area contributed by atoms with Crippen LogP contribution >= 0.6 is 23.5 Å². The monoisotopic (exact) mass is 280 g/mol. The molecule has 1 aromatic carbocycles. The van der Waals surface area contributed by atoms with Gasteiger partial charge in [0.25, 0.3) is 0 Å². The summed E-state index contributed by atoms with van der Waals surface area (Å²) >= 11 is 3.32. The smallest absolute Gasteiger partial charge is 0.190 e. The second-order valence-electron chi connectivity index (χ2n) is 4.03. The Morgan fingerprint density at radius 3 is 2.56 bits per heavy atom. The number of carbonyl (C=O) groups is 1. The highest BCUT2D eigenvalue weighted by atomic mass is 32.2. The van der Waals surface area contributed by atoms with E-state index in [9.17, 15) is 4.79 Å². The van der Waals surface area contributed by atoms with Crippen LogP contribution in [0, 0.1) is 0 Å². The molecule has 1 aliphatic rings. The summed E-state index contributed by atoms with van der Waals surface area (Å²) in [4.78, 5) is 12.5. The minimum atomic E-state index is 0.178. The van der Waals surface area contributed by atoms with Gasteiger partial charge in [0, 0.05) is 15.4 Å². The van der Waals surface area contributed by atoms with Gasteiger partial charge in [-0.2, -0.15) is 0 Å². The number of ether oxygens (including phenoxy) is 1. The fourth-order valence-electron chi connectivity index (χ4n) is 2.19. The van der Waals surface area contributed by atoms with Crippen LogP contribution in [0.2, 0.25) is 0 Å². The number of allylic oxidation sites excluding steroid dienone is 1. The van der Waals surface area contributed by atoms with Crippen molar-refractivity contribution < 1.29 is 9.53 Å². The Kier molecular flexibility index (Phi) is 4.40. The van der Waals surface area contributed by atoms with E-state index < -0.39 is 0 Å². The second-order valence-corrected chi connectivity index (χ2v) is 5.92. The summed E-state index contributed by atoms with van der Waals surface area (Å²) in [5.41, 5.74) is 2.90. The largest absolute Gasteiger partial charge is 0.497 e. The van der Waals surface area contributed by atoms with E-state index in [2.05, 4.69) is 0 Å². The second kappa shape index (κ2) is 5.85. The number of rotatable bonds is 3. The molecule has 0 spiro atoms. The third-order valence-electron chi connectivity index (χ3n) is 3.09. The molecule has 2 nitrogen and oxygen atoms in total. The molecule has 0 saturated carbocycles. The first kappa shape index (κ1) is 13.6. The van der Waals surface area contributed by atoms with Crippen molar-refractivity contribution in [3.05, 3.63) is 39.1 Å². The zero-order chi connectivity index (χ0) is 13.1. The molecule has 0 aliphatic heterocycles. The van der Waals surface area contributed by atoms with Gasteiger partial charge in [-0.15, -0.1) is 23.5 Å².